The fourth-order valence-electron chi connectivity index (χ4n) is 1.05. The number of carbonyl (C=O) groups is 2. The Morgan fingerprint density at radius 1 is 1.40 bits per heavy atom. The van der Waals surface area contributed by atoms with Crippen LogP contribution in [0.2, 0.25) is 0 Å². The number of nitrogens with two attached hydrogens (primary N) is 1. The zero-order chi connectivity index (χ0) is 12.0. The average molecular weight is 215 g/mol. The summed E-state index contributed by atoms with van der Waals surface area (Å²) in [4.78, 5) is 24.5. The number of rotatable bonds is 5. The summed E-state index contributed by atoms with van der Waals surface area (Å²) in [7, 11) is 1.70. The molecule has 88 valence electrons. The van der Waals surface area contributed by atoms with Gasteiger partial charge in [-0.15, -0.1) is 0 Å². The summed E-state index contributed by atoms with van der Waals surface area (Å²) in [5, 5.41) is 2.59. The first-order valence-electron chi connectivity index (χ1n) is 5.24. The van der Waals surface area contributed by atoms with Crippen LogP contribution in [0.1, 0.15) is 27.2 Å². The van der Waals surface area contributed by atoms with Crippen molar-refractivity contribution in [2.24, 2.45) is 5.73 Å². The Labute approximate surface area is 91.0 Å². The van der Waals surface area contributed by atoms with Gasteiger partial charge in [-0.1, -0.05) is 6.92 Å². The summed E-state index contributed by atoms with van der Waals surface area (Å²) in [5.41, 5.74) is 5.54. The van der Waals surface area contributed by atoms with Gasteiger partial charge in [0.05, 0.1) is 6.04 Å². The van der Waals surface area contributed by atoms with Crippen LogP contribution < -0.4 is 11.1 Å². The van der Waals surface area contributed by atoms with Gasteiger partial charge in [0.1, 0.15) is 6.04 Å². The number of hydrogen-bond acceptors (Lipinski definition) is 3. The van der Waals surface area contributed by atoms with E-state index in [-0.39, 0.29) is 11.8 Å². The maximum Gasteiger partial charge on any atom is 0.244 e. The van der Waals surface area contributed by atoms with Crippen LogP contribution in [0.15, 0.2) is 0 Å². The SMILES string of the molecule is CC[C@@H](N)C(=O)NC(C)C(=O)N(C)CC. The number of amides is 2. The molecule has 0 saturated carbocycles. The molecule has 15 heavy (non-hydrogen) atoms. The van der Waals surface area contributed by atoms with Crippen molar-refractivity contribution >= 4 is 11.8 Å². The molecule has 0 aliphatic carbocycles. The molecule has 1 unspecified atom stereocenters. The summed E-state index contributed by atoms with van der Waals surface area (Å²) in [5.74, 6) is -0.378. The zero-order valence-electron chi connectivity index (χ0n) is 9.91. The highest BCUT2D eigenvalue weighted by molar-refractivity contribution is 5.89. The van der Waals surface area contributed by atoms with E-state index >= 15 is 0 Å². The van der Waals surface area contributed by atoms with Gasteiger partial charge in [-0.05, 0) is 20.3 Å². The van der Waals surface area contributed by atoms with Crippen LogP contribution >= 0.6 is 0 Å². The van der Waals surface area contributed by atoms with E-state index in [0.29, 0.717) is 13.0 Å². The third kappa shape index (κ3) is 4.29. The molecule has 2 amide bonds. The molecule has 3 N–H and O–H groups in total. The number of carbonyl (C=O) groups excluding carboxylic acids is 2. The lowest BCUT2D eigenvalue weighted by Crippen LogP contribution is -2.50. The molecule has 0 radical (unpaired) electrons. The number of likely N-dealkylation sites (N-methyl/N-ethyl adjacent to an activating group) is 1. The normalized spacial score (nSPS) is 14.2. The van der Waals surface area contributed by atoms with Gasteiger partial charge in [-0.2, -0.15) is 0 Å². The van der Waals surface area contributed by atoms with Crippen LogP contribution in [0.25, 0.3) is 0 Å². The van der Waals surface area contributed by atoms with Crippen LogP contribution in [-0.2, 0) is 9.59 Å². The summed E-state index contributed by atoms with van der Waals surface area (Å²) in [6.45, 7) is 5.99. The predicted molar refractivity (Wildman–Crippen MR) is 59.2 cm³/mol. The summed E-state index contributed by atoms with van der Waals surface area (Å²) >= 11 is 0. The fourth-order valence-corrected chi connectivity index (χ4v) is 1.05. The van der Waals surface area contributed by atoms with Crippen LogP contribution in [0.4, 0.5) is 0 Å². The van der Waals surface area contributed by atoms with Gasteiger partial charge in [0.25, 0.3) is 0 Å². The Hall–Kier alpha value is -1.10. The smallest absolute Gasteiger partial charge is 0.244 e. The molecule has 2 atom stereocenters. The standard InChI is InChI=1S/C10H21N3O2/c1-5-8(11)9(14)12-7(3)10(15)13(4)6-2/h7-8H,5-6,11H2,1-4H3,(H,12,14)/t7?,8-/m1/s1. The zero-order valence-corrected chi connectivity index (χ0v) is 9.91. The summed E-state index contributed by atoms with van der Waals surface area (Å²) in [6, 6.07) is -1.05. The molecule has 5 heteroatoms. The van der Waals surface area contributed by atoms with E-state index in [0.717, 1.165) is 0 Å². The third-order valence-corrected chi connectivity index (χ3v) is 2.36. The first-order valence-corrected chi connectivity index (χ1v) is 5.24. The van der Waals surface area contributed by atoms with Gasteiger partial charge in [0.2, 0.25) is 11.8 Å². The first-order chi connectivity index (χ1) is 6.93. The molecule has 0 saturated heterocycles. The first kappa shape index (κ1) is 13.9. The molecular weight excluding hydrogens is 194 g/mol. The van der Waals surface area contributed by atoms with E-state index in [1.807, 2.05) is 13.8 Å². The quantitative estimate of drug-likeness (QED) is 0.661. The third-order valence-electron chi connectivity index (χ3n) is 2.36. The van der Waals surface area contributed by atoms with Gasteiger partial charge in [-0.25, -0.2) is 0 Å². The largest absolute Gasteiger partial charge is 0.344 e. The van der Waals surface area contributed by atoms with Crippen molar-refractivity contribution in [2.75, 3.05) is 13.6 Å². The van der Waals surface area contributed by atoms with Crippen LogP contribution in [0, 0.1) is 0 Å². The van der Waals surface area contributed by atoms with E-state index in [1.165, 1.54) is 0 Å². The number of nitrogens with zero attached hydrogens (tertiary/aromatic N) is 1. The van der Waals surface area contributed by atoms with E-state index in [9.17, 15) is 9.59 Å². The van der Waals surface area contributed by atoms with Gasteiger partial charge in [0.15, 0.2) is 0 Å². The van der Waals surface area contributed by atoms with Crippen molar-refractivity contribution in [3.05, 3.63) is 0 Å². The summed E-state index contributed by atoms with van der Waals surface area (Å²) in [6.07, 6.45) is 0.566. The second-order valence-corrected chi connectivity index (χ2v) is 3.60. The van der Waals surface area contributed by atoms with Gasteiger partial charge in [0, 0.05) is 13.6 Å². The lowest BCUT2D eigenvalue weighted by atomic mass is 10.2. The highest BCUT2D eigenvalue weighted by Gasteiger charge is 2.20. The van der Waals surface area contributed by atoms with Crippen LogP contribution in [0.3, 0.4) is 0 Å². The molecule has 0 fully saturated rings. The number of nitrogens with one attached hydrogen (secondary N) is 1. The van der Waals surface area contributed by atoms with E-state index in [1.54, 1.807) is 18.9 Å². The van der Waals surface area contributed by atoms with Crippen molar-refractivity contribution < 1.29 is 9.59 Å². The molecule has 0 aliphatic rings. The Kier molecular flexibility index (Phi) is 5.93. The molecule has 0 aromatic rings. The molecule has 0 spiro atoms. The van der Waals surface area contributed by atoms with Crippen molar-refractivity contribution in [1.29, 1.82) is 0 Å². The second-order valence-electron chi connectivity index (χ2n) is 3.60. The molecule has 0 rings (SSSR count). The second kappa shape index (κ2) is 6.40. The van der Waals surface area contributed by atoms with Crippen molar-refractivity contribution in [3.63, 3.8) is 0 Å². The highest BCUT2D eigenvalue weighted by atomic mass is 16.2. The maximum atomic E-state index is 11.6. The van der Waals surface area contributed by atoms with Crippen LogP contribution in [-0.4, -0.2) is 42.4 Å². The van der Waals surface area contributed by atoms with Gasteiger partial charge in [-0.3, -0.25) is 9.59 Å². The molecule has 0 bridgehead atoms. The van der Waals surface area contributed by atoms with E-state index in [2.05, 4.69) is 5.32 Å². The Bertz CT molecular complexity index is 231. The molecule has 0 aliphatic heterocycles. The topological polar surface area (TPSA) is 75.4 Å². The van der Waals surface area contributed by atoms with E-state index < -0.39 is 12.1 Å². The van der Waals surface area contributed by atoms with Crippen molar-refractivity contribution in [3.8, 4) is 0 Å². The summed E-state index contributed by atoms with van der Waals surface area (Å²) < 4.78 is 0. The molecule has 0 aromatic carbocycles. The molecule has 0 heterocycles. The van der Waals surface area contributed by atoms with Crippen molar-refractivity contribution in [1.82, 2.24) is 10.2 Å². The monoisotopic (exact) mass is 215 g/mol. The minimum absolute atomic E-state index is 0.103. The average Bonchev–Trinajstić information content (AvgIpc) is 2.25. The van der Waals surface area contributed by atoms with Gasteiger partial charge < -0.3 is 16.0 Å². The Morgan fingerprint density at radius 3 is 2.33 bits per heavy atom. The maximum absolute atomic E-state index is 11.6. The fraction of sp³-hybridized carbons (Fsp3) is 0.800. The van der Waals surface area contributed by atoms with Crippen molar-refractivity contribution in [2.45, 2.75) is 39.3 Å². The van der Waals surface area contributed by atoms with E-state index in [4.69, 9.17) is 5.73 Å². The minimum Gasteiger partial charge on any atom is -0.344 e. The minimum atomic E-state index is -0.535. The highest BCUT2D eigenvalue weighted by Crippen LogP contribution is 1.93. The molecule has 5 nitrogen and oxygen atoms in total. The number of hydrogen-bond donors (Lipinski definition) is 2. The lowest BCUT2D eigenvalue weighted by Gasteiger charge is -2.21. The molecule has 0 aromatic heterocycles. The Morgan fingerprint density at radius 2 is 1.93 bits per heavy atom. The lowest BCUT2D eigenvalue weighted by molar-refractivity contribution is -0.135. The molecular formula is C10H21N3O2. The van der Waals surface area contributed by atoms with Crippen LogP contribution in [0.5, 0.6) is 0 Å². The Balaban J connectivity index is 4.18. The predicted octanol–water partition coefficient (Wildman–Crippen LogP) is -0.293. The van der Waals surface area contributed by atoms with Gasteiger partial charge >= 0.3 is 0 Å².